The molecule has 122 valence electrons. The van der Waals surface area contributed by atoms with Crippen molar-refractivity contribution in [2.24, 2.45) is 5.73 Å². The Morgan fingerprint density at radius 1 is 1.32 bits per heavy atom. The van der Waals surface area contributed by atoms with E-state index in [1.807, 2.05) is 0 Å². The molecule has 2 unspecified atom stereocenters. The zero-order valence-electron chi connectivity index (χ0n) is 13.0. The predicted molar refractivity (Wildman–Crippen MR) is 89.9 cm³/mol. The fraction of sp³-hybridized carbons (Fsp3) is 0.647. The number of hydrogen-bond acceptors (Lipinski definition) is 3. The summed E-state index contributed by atoms with van der Waals surface area (Å²) in [6.07, 6.45) is 6.85. The predicted octanol–water partition coefficient (Wildman–Crippen LogP) is 3.63. The van der Waals surface area contributed by atoms with Crippen molar-refractivity contribution in [1.82, 2.24) is 4.90 Å². The summed E-state index contributed by atoms with van der Waals surface area (Å²) < 4.78 is 13.4. The van der Waals surface area contributed by atoms with Gasteiger partial charge in [-0.3, -0.25) is 0 Å². The molecule has 2 aliphatic rings. The second-order valence-electron chi connectivity index (χ2n) is 6.87. The molecule has 0 bridgehead atoms. The number of nitrogens with one attached hydrogen (secondary N) is 1. The Balaban J connectivity index is 1.79. The van der Waals surface area contributed by atoms with Gasteiger partial charge >= 0.3 is 0 Å². The minimum absolute atomic E-state index is 0.0246. The molecule has 3 N–H and O–H groups in total. The lowest BCUT2D eigenvalue weighted by Gasteiger charge is -2.43. The molecule has 5 heteroatoms. The first kappa shape index (κ1) is 16.0. The fourth-order valence-electron chi connectivity index (χ4n) is 3.95. The van der Waals surface area contributed by atoms with E-state index in [2.05, 4.69) is 10.2 Å². The molecule has 1 saturated heterocycles. The Kier molecular flexibility index (Phi) is 4.91. The summed E-state index contributed by atoms with van der Waals surface area (Å²) in [6.45, 7) is 3.35. The van der Waals surface area contributed by atoms with Crippen LogP contribution in [0, 0.1) is 5.82 Å². The van der Waals surface area contributed by atoms with Crippen molar-refractivity contribution in [3.05, 3.63) is 29.0 Å². The molecule has 22 heavy (non-hydrogen) atoms. The van der Waals surface area contributed by atoms with Crippen LogP contribution in [-0.4, -0.2) is 36.1 Å². The van der Waals surface area contributed by atoms with E-state index in [1.54, 1.807) is 12.1 Å². The van der Waals surface area contributed by atoms with Crippen molar-refractivity contribution >= 4 is 17.3 Å². The first-order valence-corrected chi connectivity index (χ1v) is 8.65. The minimum Gasteiger partial charge on any atom is -0.378 e. The van der Waals surface area contributed by atoms with E-state index in [-0.39, 0.29) is 22.4 Å². The number of benzene rings is 1. The summed E-state index contributed by atoms with van der Waals surface area (Å²) in [4.78, 5) is 2.52. The van der Waals surface area contributed by atoms with Gasteiger partial charge in [0.05, 0.1) is 10.6 Å². The van der Waals surface area contributed by atoms with Crippen LogP contribution in [0.3, 0.4) is 0 Å². The molecule has 0 spiro atoms. The fourth-order valence-corrected chi connectivity index (χ4v) is 4.13. The highest BCUT2D eigenvalue weighted by Gasteiger charge is 2.37. The Morgan fingerprint density at radius 2 is 2.09 bits per heavy atom. The van der Waals surface area contributed by atoms with E-state index in [0.29, 0.717) is 0 Å². The highest BCUT2D eigenvalue weighted by molar-refractivity contribution is 6.31. The maximum Gasteiger partial charge on any atom is 0.141 e. The van der Waals surface area contributed by atoms with Gasteiger partial charge in [0.15, 0.2) is 0 Å². The molecule has 0 amide bonds. The van der Waals surface area contributed by atoms with Gasteiger partial charge in [-0.05, 0) is 69.8 Å². The van der Waals surface area contributed by atoms with Crippen molar-refractivity contribution < 1.29 is 4.39 Å². The van der Waals surface area contributed by atoms with Crippen molar-refractivity contribution in [1.29, 1.82) is 0 Å². The molecule has 0 aromatic heterocycles. The molecule has 1 aromatic carbocycles. The molecule has 1 heterocycles. The highest BCUT2D eigenvalue weighted by Crippen LogP contribution is 2.34. The third kappa shape index (κ3) is 3.73. The molecule has 3 nitrogen and oxygen atoms in total. The van der Waals surface area contributed by atoms with Gasteiger partial charge in [0, 0.05) is 18.3 Å². The Bertz CT molecular complexity index is 519. The smallest absolute Gasteiger partial charge is 0.141 e. The van der Waals surface area contributed by atoms with Crippen LogP contribution in [0.15, 0.2) is 18.2 Å². The molecular weight excluding hydrogens is 301 g/mol. The number of rotatable bonds is 4. The quantitative estimate of drug-likeness (QED) is 0.888. The lowest BCUT2D eigenvalue weighted by atomic mass is 9.78. The maximum atomic E-state index is 13.4. The summed E-state index contributed by atoms with van der Waals surface area (Å²) in [7, 11) is 0. The first-order chi connectivity index (χ1) is 10.6. The molecule has 2 fully saturated rings. The molecule has 0 radical (unpaired) electrons. The standard InChI is InChI=1S/C17H25ClFN3/c18-15-10-14(5-6-16(15)19)21-17(7-3-4-13(20)11-17)12-22-8-1-2-9-22/h5-6,10,13,21H,1-4,7-9,11-12,20H2. The largest absolute Gasteiger partial charge is 0.378 e. The summed E-state index contributed by atoms with van der Waals surface area (Å²) in [5.41, 5.74) is 7.11. The summed E-state index contributed by atoms with van der Waals surface area (Å²) in [6, 6.07) is 5.12. The monoisotopic (exact) mass is 325 g/mol. The number of nitrogens with two attached hydrogens (primary N) is 1. The first-order valence-electron chi connectivity index (χ1n) is 8.28. The Hall–Kier alpha value is -0.840. The molecule has 1 aliphatic heterocycles. The normalized spacial score (nSPS) is 29.7. The summed E-state index contributed by atoms with van der Waals surface area (Å²) in [5, 5.41) is 3.81. The third-order valence-electron chi connectivity index (χ3n) is 4.94. The van der Waals surface area contributed by atoms with Crippen LogP contribution in [0.5, 0.6) is 0 Å². The van der Waals surface area contributed by atoms with E-state index in [9.17, 15) is 4.39 Å². The second kappa shape index (κ2) is 6.73. The van der Waals surface area contributed by atoms with E-state index in [0.717, 1.165) is 37.9 Å². The lowest BCUT2D eigenvalue weighted by Crippen LogP contribution is -2.53. The van der Waals surface area contributed by atoms with Crippen LogP contribution in [0.2, 0.25) is 5.02 Å². The van der Waals surface area contributed by atoms with Crippen LogP contribution >= 0.6 is 11.6 Å². The molecule has 1 saturated carbocycles. The van der Waals surface area contributed by atoms with Crippen molar-refractivity contribution in [3.8, 4) is 0 Å². The number of hydrogen-bond donors (Lipinski definition) is 2. The Morgan fingerprint density at radius 3 is 2.77 bits per heavy atom. The van der Waals surface area contributed by atoms with Gasteiger partial charge in [-0.1, -0.05) is 11.6 Å². The van der Waals surface area contributed by atoms with Gasteiger partial charge in [0.2, 0.25) is 0 Å². The lowest BCUT2D eigenvalue weighted by molar-refractivity contribution is 0.203. The van der Waals surface area contributed by atoms with Gasteiger partial charge < -0.3 is 16.0 Å². The van der Waals surface area contributed by atoms with Gasteiger partial charge in [-0.25, -0.2) is 4.39 Å². The zero-order chi connectivity index (χ0) is 15.6. The van der Waals surface area contributed by atoms with Crippen LogP contribution in [0.1, 0.15) is 38.5 Å². The third-order valence-corrected chi connectivity index (χ3v) is 5.23. The van der Waals surface area contributed by atoms with Crippen molar-refractivity contribution in [2.75, 3.05) is 25.0 Å². The minimum atomic E-state index is -0.374. The number of likely N-dealkylation sites (tertiary alicyclic amines) is 1. The van der Waals surface area contributed by atoms with E-state index in [1.165, 1.54) is 32.0 Å². The molecule has 2 atom stereocenters. The number of nitrogens with zero attached hydrogens (tertiary/aromatic N) is 1. The number of anilines is 1. The van der Waals surface area contributed by atoms with E-state index in [4.69, 9.17) is 17.3 Å². The van der Waals surface area contributed by atoms with Crippen LogP contribution < -0.4 is 11.1 Å². The van der Waals surface area contributed by atoms with Gasteiger partial charge in [0.1, 0.15) is 5.82 Å². The SMILES string of the molecule is NC1CCCC(CN2CCCC2)(Nc2ccc(F)c(Cl)c2)C1. The van der Waals surface area contributed by atoms with E-state index < -0.39 is 0 Å². The van der Waals surface area contributed by atoms with Gasteiger partial charge in [-0.15, -0.1) is 0 Å². The van der Waals surface area contributed by atoms with E-state index >= 15 is 0 Å². The average Bonchev–Trinajstić information content (AvgIpc) is 2.95. The summed E-state index contributed by atoms with van der Waals surface area (Å²) >= 11 is 5.93. The van der Waals surface area contributed by atoms with Crippen LogP contribution in [0.4, 0.5) is 10.1 Å². The van der Waals surface area contributed by atoms with Crippen molar-refractivity contribution in [3.63, 3.8) is 0 Å². The Labute approximate surface area is 137 Å². The van der Waals surface area contributed by atoms with Crippen LogP contribution in [0.25, 0.3) is 0 Å². The van der Waals surface area contributed by atoms with Crippen molar-refractivity contribution in [2.45, 2.75) is 50.1 Å². The molecular formula is C17H25ClFN3. The summed E-state index contributed by atoms with van der Waals surface area (Å²) in [5.74, 6) is -0.374. The average molecular weight is 326 g/mol. The van der Waals surface area contributed by atoms with Crippen LogP contribution in [-0.2, 0) is 0 Å². The second-order valence-corrected chi connectivity index (χ2v) is 7.28. The van der Waals surface area contributed by atoms with Gasteiger partial charge in [0.25, 0.3) is 0 Å². The molecule has 1 aromatic rings. The van der Waals surface area contributed by atoms with Gasteiger partial charge in [-0.2, -0.15) is 0 Å². The topological polar surface area (TPSA) is 41.3 Å². The maximum absolute atomic E-state index is 13.4. The molecule has 3 rings (SSSR count). The molecule has 1 aliphatic carbocycles. The zero-order valence-corrected chi connectivity index (χ0v) is 13.7. The highest BCUT2D eigenvalue weighted by atomic mass is 35.5. The number of halogens is 2.